The molecule has 1 nitrogen and oxygen atoms in total. The number of halogens is 1. The molecule has 0 saturated carbocycles. The maximum Gasteiger partial charge on any atom is 0.123 e. The Bertz CT molecular complexity index is 47.8. The summed E-state index contributed by atoms with van der Waals surface area (Å²) >= 11 is 0. The summed E-state index contributed by atoms with van der Waals surface area (Å²) in [6.07, 6.45) is -0.281. The molecule has 0 aliphatic carbocycles. The molecule has 0 aliphatic rings. The second-order valence-corrected chi connectivity index (χ2v) is 1.58. The van der Waals surface area contributed by atoms with Gasteiger partial charge in [-0.15, -0.1) is 0 Å². The number of hydrogen-bond donors (Lipinski definition) is 0. The zero-order valence-electron chi connectivity index (χ0n) is 5.19. The maximum atomic E-state index is 12.2. The van der Waals surface area contributed by atoms with Crippen molar-refractivity contribution in [1.29, 1.82) is 0 Å². The molecule has 1 radical (unpaired) electrons. The summed E-state index contributed by atoms with van der Waals surface area (Å²) in [5.74, 6) is 0. The lowest BCUT2D eigenvalue weighted by molar-refractivity contribution is 0.0970. The van der Waals surface area contributed by atoms with Crippen LogP contribution >= 0.6 is 0 Å². The molecule has 8 heavy (non-hydrogen) atoms. The van der Waals surface area contributed by atoms with Crippen LogP contribution < -0.4 is 0 Å². The molecule has 0 aliphatic heterocycles. The van der Waals surface area contributed by atoms with Crippen molar-refractivity contribution < 1.29 is 9.13 Å². The van der Waals surface area contributed by atoms with Gasteiger partial charge in [0.2, 0.25) is 0 Å². The molecule has 1 atom stereocenters. The van der Waals surface area contributed by atoms with E-state index in [1.54, 1.807) is 6.92 Å². The van der Waals surface area contributed by atoms with Crippen LogP contribution in [0.2, 0.25) is 0 Å². The van der Waals surface area contributed by atoms with E-state index < -0.39 is 6.17 Å². The lowest BCUT2D eigenvalue weighted by atomic mass is 10.3. The fraction of sp³-hybridized carbons (Fsp3) is 0.833. The van der Waals surface area contributed by atoms with Crippen LogP contribution in [0.5, 0.6) is 0 Å². The molecule has 0 spiro atoms. The van der Waals surface area contributed by atoms with Crippen molar-refractivity contribution in [3.05, 3.63) is 6.92 Å². The SMILES string of the molecule is [CH2]COCC(F)CC. The average Bonchev–Trinajstić information content (AvgIpc) is 1.83. The third-order valence-electron chi connectivity index (χ3n) is 0.886. The Morgan fingerprint density at radius 1 is 1.75 bits per heavy atom. The summed E-state index contributed by atoms with van der Waals surface area (Å²) in [5.41, 5.74) is 0. The van der Waals surface area contributed by atoms with Crippen LogP contribution in [0, 0.1) is 6.92 Å². The second kappa shape index (κ2) is 5.04. The molecular weight excluding hydrogens is 107 g/mol. The lowest BCUT2D eigenvalue weighted by Gasteiger charge is -2.02. The molecule has 0 amide bonds. The van der Waals surface area contributed by atoms with Crippen LogP contribution in [0.25, 0.3) is 0 Å². The number of hydrogen-bond acceptors (Lipinski definition) is 1. The van der Waals surface area contributed by atoms with E-state index in [0.29, 0.717) is 13.0 Å². The number of ether oxygens (including phenoxy) is 1. The van der Waals surface area contributed by atoms with Crippen molar-refractivity contribution in [2.75, 3.05) is 13.2 Å². The summed E-state index contributed by atoms with van der Waals surface area (Å²) in [4.78, 5) is 0. The van der Waals surface area contributed by atoms with Crippen LogP contribution in [0.15, 0.2) is 0 Å². The number of alkyl halides is 1. The first-order valence-corrected chi connectivity index (χ1v) is 2.82. The summed E-state index contributed by atoms with van der Waals surface area (Å²) in [6, 6.07) is 0. The molecular formula is C6H12FO. The van der Waals surface area contributed by atoms with Gasteiger partial charge >= 0.3 is 0 Å². The van der Waals surface area contributed by atoms with Gasteiger partial charge in [-0.2, -0.15) is 0 Å². The largest absolute Gasteiger partial charge is 0.378 e. The summed E-state index contributed by atoms with van der Waals surface area (Å²) in [5, 5.41) is 0. The van der Waals surface area contributed by atoms with Crippen LogP contribution in [0.4, 0.5) is 4.39 Å². The van der Waals surface area contributed by atoms with Gasteiger partial charge in [0.05, 0.1) is 6.61 Å². The van der Waals surface area contributed by atoms with E-state index in [-0.39, 0.29) is 6.61 Å². The molecule has 49 valence electrons. The first-order chi connectivity index (χ1) is 3.81. The van der Waals surface area contributed by atoms with E-state index >= 15 is 0 Å². The maximum absolute atomic E-state index is 12.2. The Hall–Kier alpha value is -0.110. The van der Waals surface area contributed by atoms with E-state index in [0.717, 1.165) is 0 Å². The van der Waals surface area contributed by atoms with Gasteiger partial charge in [0.1, 0.15) is 6.17 Å². The Morgan fingerprint density at radius 3 is 2.75 bits per heavy atom. The molecule has 0 aromatic carbocycles. The minimum Gasteiger partial charge on any atom is -0.378 e. The quantitative estimate of drug-likeness (QED) is 0.546. The minimum atomic E-state index is -0.809. The van der Waals surface area contributed by atoms with Crippen molar-refractivity contribution in [2.45, 2.75) is 19.5 Å². The average molecular weight is 119 g/mol. The van der Waals surface area contributed by atoms with Gasteiger partial charge in [-0.3, -0.25) is 0 Å². The van der Waals surface area contributed by atoms with Crippen molar-refractivity contribution in [2.24, 2.45) is 0 Å². The van der Waals surface area contributed by atoms with E-state index in [9.17, 15) is 4.39 Å². The standard InChI is InChI=1S/C6H12FO/c1-3-6(7)5-8-4-2/h6H,2-5H2,1H3. The van der Waals surface area contributed by atoms with Gasteiger partial charge in [0, 0.05) is 6.61 Å². The van der Waals surface area contributed by atoms with Crippen molar-refractivity contribution in [3.63, 3.8) is 0 Å². The van der Waals surface area contributed by atoms with E-state index in [2.05, 4.69) is 6.92 Å². The molecule has 0 N–H and O–H groups in total. The predicted octanol–water partition coefficient (Wildman–Crippen LogP) is 1.59. The van der Waals surface area contributed by atoms with Crippen LogP contribution in [-0.2, 0) is 4.74 Å². The van der Waals surface area contributed by atoms with Gasteiger partial charge in [-0.25, -0.2) is 4.39 Å². The molecule has 0 bridgehead atoms. The molecule has 0 saturated heterocycles. The highest BCUT2D eigenvalue weighted by atomic mass is 19.1. The smallest absolute Gasteiger partial charge is 0.123 e. The molecule has 0 aromatic rings. The van der Waals surface area contributed by atoms with Crippen LogP contribution in [0.3, 0.4) is 0 Å². The van der Waals surface area contributed by atoms with Gasteiger partial charge < -0.3 is 4.74 Å². The predicted molar refractivity (Wildman–Crippen MR) is 31.4 cm³/mol. The molecule has 0 aromatic heterocycles. The fourth-order valence-electron chi connectivity index (χ4n) is 0.329. The highest BCUT2D eigenvalue weighted by Gasteiger charge is 1.99. The molecule has 2 heteroatoms. The molecule has 0 rings (SSSR count). The normalized spacial score (nSPS) is 13.9. The van der Waals surface area contributed by atoms with E-state index in [1.807, 2.05) is 0 Å². The molecule has 0 fully saturated rings. The minimum absolute atomic E-state index is 0.194. The van der Waals surface area contributed by atoms with E-state index in [4.69, 9.17) is 4.74 Å². The highest BCUT2D eigenvalue weighted by molar-refractivity contribution is 4.48. The Labute approximate surface area is 49.8 Å². The third kappa shape index (κ3) is 4.06. The van der Waals surface area contributed by atoms with Crippen molar-refractivity contribution in [3.8, 4) is 0 Å². The summed E-state index contributed by atoms with van der Waals surface area (Å²) < 4.78 is 16.9. The Kier molecular flexibility index (Phi) is 4.97. The number of rotatable bonds is 4. The van der Waals surface area contributed by atoms with Gasteiger partial charge in [0.15, 0.2) is 0 Å². The Balaban J connectivity index is 2.86. The Morgan fingerprint density at radius 2 is 2.38 bits per heavy atom. The van der Waals surface area contributed by atoms with E-state index in [1.165, 1.54) is 0 Å². The monoisotopic (exact) mass is 119 g/mol. The van der Waals surface area contributed by atoms with Gasteiger partial charge in [-0.1, -0.05) is 6.92 Å². The topological polar surface area (TPSA) is 9.23 Å². The third-order valence-corrected chi connectivity index (χ3v) is 0.886. The van der Waals surface area contributed by atoms with Crippen molar-refractivity contribution >= 4 is 0 Å². The zero-order chi connectivity index (χ0) is 6.41. The van der Waals surface area contributed by atoms with Crippen LogP contribution in [0.1, 0.15) is 13.3 Å². The molecule has 1 unspecified atom stereocenters. The fourth-order valence-corrected chi connectivity index (χ4v) is 0.329. The summed E-state index contributed by atoms with van der Waals surface area (Å²) in [7, 11) is 0. The van der Waals surface area contributed by atoms with Crippen molar-refractivity contribution in [1.82, 2.24) is 0 Å². The van der Waals surface area contributed by atoms with Crippen LogP contribution in [-0.4, -0.2) is 19.4 Å². The van der Waals surface area contributed by atoms with Gasteiger partial charge in [0.25, 0.3) is 0 Å². The molecule has 0 heterocycles. The lowest BCUT2D eigenvalue weighted by Crippen LogP contribution is -2.08. The highest BCUT2D eigenvalue weighted by Crippen LogP contribution is 1.95. The first kappa shape index (κ1) is 7.89. The summed E-state index contributed by atoms with van der Waals surface area (Å²) in [6.45, 7) is 5.75. The second-order valence-electron chi connectivity index (χ2n) is 1.58. The zero-order valence-corrected chi connectivity index (χ0v) is 5.19. The van der Waals surface area contributed by atoms with Gasteiger partial charge in [-0.05, 0) is 13.3 Å². The first-order valence-electron chi connectivity index (χ1n) is 2.82.